The fourth-order valence-electron chi connectivity index (χ4n) is 0.732. The predicted molar refractivity (Wildman–Crippen MR) is 47.9 cm³/mol. The Bertz CT molecular complexity index is 180. The molecule has 0 aromatic carbocycles. The van der Waals surface area contributed by atoms with Gasteiger partial charge in [0.15, 0.2) is 0 Å². The van der Waals surface area contributed by atoms with Gasteiger partial charge in [-0.05, 0) is 25.0 Å². The lowest BCUT2D eigenvalue weighted by molar-refractivity contribution is 1.51. The topological polar surface area (TPSA) is 0 Å². The quantitative estimate of drug-likeness (QED) is 0.520. The second-order valence-electron chi connectivity index (χ2n) is 1.97. The van der Waals surface area contributed by atoms with Gasteiger partial charge in [-0.2, -0.15) is 0 Å². The van der Waals surface area contributed by atoms with Gasteiger partial charge in [0.1, 0.15) is 0 Å². The maximum absolute atomic E-state index is 3.86. The third kappa shape index (κ3) is 2.49. The third-order valence-corrected chi connectivity index (χ3v) is 1.27. The smallest absolute Gasteiger partial charge is 0.0239 e. The van der Waals surface area contributed by atoms with Crippen LogP contribution in [0.3, 0.4) is 0 Å². The van der Waals surface area contributed by atoms with E-state index in [2.05, 4.69) is 13.2 Å². The van der Waals surface area contributed by atoms with Gasteiger partial charge < -0.3 is 0 Å². The summed E-state index contributed by atoms with van der Waals surface area (Å²) >= 11 is 0. The van der Waals surface area contributed by atoms with Crippen LogP contribution in [0.5, 0.6) is 0 Å². The van der Waals surface area contributed by atoms with Crippen LogP contribution in [0.15, 0.2) is 48.6 Å². The van der Waals surface area contributed by atoms with Crippen LogP contribution in [0, 0.1) is 0 Å². The van der Waals surface area contributed by atoms with Crippen molar-refractivity contribution < 1.29 is 0 Å². The molecule has 0 aliphatic heterocycles. The molecule has 0 atom stereocenters. The lowest BCUT2D eigenvalue weighted by Gasteiger charge is -1.97. The minimum atomic E-state index is 1.01. The maximum Gasteiger partial charge on any atom is -0.0239 e. The molecule has 0 rings (SSSR count). The summed E-state index contributed by atoms with van der Waals surface area (Å²) in [7, 11) is 0. The van der Waals surface area contributed by atoms with E-state index in [4.69, 9.17) is 0 Å². The SMILES string of the molecule is C=C/C(=C/C)C(=C)/C=C\C. The summed E-state index contributed by atoms with van der Waals surface area (Å²) in [5.41, 5.74) is 2.11. The zero-order valence-corrected chi connectivity index (χ0v) is 6.72. The Labute approximate surface area is 63.3 Å². The Morgan fingerprint density at radius 2 is 1.90 bits per heavy atom. The minimum Gasteiger partial charge on any atom is -0.0985 e. The van der Waals surface area contributed by atoms with Gasteiger partial charge in [-0.1, -0.05) is 37.5 Å². The second kappa shape index (κ2) is 4.80. The van der Waals surface area contributed by atoms with Gasteiger partial charge in [0.25, 0.3) is 0 Å². The van der Waals surface area contributed by atoms with Crippen molar-refractivity contribution in [2.45, 2.75) is 13.8 Å². The van der Waals surface area contributed by atoms with Crippen LogP contribution in [0.25, 0.3) is 0 Å². The Hall–Kier alpha value is -1.04. The van der Waals surface area contributed by atoms with Crippen molar-refractivity contribution in [1.29, 1.82) is 0 Å². The highest BCUT2D eigenvalue weighted by Gasteiger charge is 1.89. The Morgan fingerprint density at radius 1 is 1.30 bits per heavy atom. The highest BCUT2D eigenvalue weighted by Crippen LogP contribution is 2.09. The van der Waals surface area contributed by atoms with Gasteiger partial charge in [-0.15, -0.1) is 0 Å². The van der Waals surface area contributed by atoms with Crippen molar-refractivity contribution in [2.24, 2.45) is 0 Å². The molecule has 0 spiro atoms. The van der Waals surface area contributed by atoms with Crippen molar-refractivity contribution in [3.8, 4) is 0 Å². The van der Waals surface area contributed by atoms with Gasteiger partial charge in [0, 0.05) is 0 Å². The first kappa shape index (κ1) is 8.96. The average Bonchev–Trinajstić information content (AvgIpc) is 1.91. The van der Waals surface area contributed by atoms with Crippen molar-refractivity contribution in [1.82, 2.24) is 0 Å². The molecule has 0 radical (unpaired) electrons. The molecular formula is C10H14. The van der Waals surface area contributed by atoms with E-state index in [-0.39, 0.29) is 0 Å². The molecule has 0 amide bonds. The molecule has 0 saturated carbocycles. The van der Waals surface area contributed by atoms with E-state index >= 15 is 0 Å². The molecule has 0 aliphatic rings. The van der Waals surface area contributed by atoms with Crippen molar-refractivity contribution in [3.63, 3.8) is 0 Å². The van der Waals surface area contributed by atoms with E-state index in [1.807, 2.05) is 38.2 Å². The van der Waals surface area contributed by atoms with Gasteiger partial charge >= 0.3 is 0 Å². The van der Waals surface area contributed by atoms with Gasteiger partial charge in [0.05, 0.1) is 0 Å². The standard InChI is InChI=1S/C10H14/c1-5-8-9(4)10(6-2)7-3/h5-8H,2,4H2,1,3H3/b8-5-,10-7-. The molecular weight excluding hydrogens is 120 g/mol. The van der Waals surface area contributed by atoms with Crippen LogP contribution in [-0.4, -0.2) is 0 Å². The van der Waals surface area contributed by atoms with E-state index in [1.165, 1.54) is 0 Å². The van der Waals surface area contributed by atoms with Crippen molar-refractivity contribution >= 4 is 0 Å². The minimum absolute atomic E-state index is 1.01. The molecule has 0 bridgehead atoms. The summed E-state index contributed by atoms with van der Waals surface area (Å²) < 4.78 is 0. The molecule has 0 heterocycles. The zero-order chi connectivity index (χ0) is 7.98. The molecule has 0 fully saturated rings. The normalized spacial score (nSPS) is 12.0. The fourth-order valence-corrected chi connectivity index (χ4v) is 0.732. The van der Waals surface area contributed by atoms with Crippen LogP contribution >= 0.6 is 0 Å². The molecule has 10 heavy (non-hydrogen) atoms. The molecule has 0 aromatic heterocycles. The first-order chi connectivity index (χ1) is 4.76. The van der Waals surface area contributed by atoms with Gasteiger partial charge in [-0.25, -0.2) is 0 Å². The van der Waals surface area contributed by atoms with Crippen LogP contribution < -0.4 is 0 Å². The number of hydrogen-bond acceptors (Lipinski definition) is 0. The predicted octanol–water partition coefficient (Wildman–Crippen LogP) is 3.25. The number of allylic oxidation sites excluding steroid dienone is 6. The third-order valence-electron chi connectivity index (χ3n) is 1.27. The van der Waals surface area contributed by atoms with Gasteiger partial charge in [0.2, 0.25) is 0 Å². The molecule has 0 nitrogen and oxygen atoms in total. The van der Waals surface area contributed by atoms with Crippen LogP contribution in [-0.2, 0) is 0 Å². The molecule has 0 saturated heterocycles. The summed E-state index contributed by atoms with van der Waals surface area (Å²) in [6.45, 7) is 11.5. The van der Waals surface area contributed by atoms with Crippen LogP contribution in [0.4, 0.5) is 0 Å². The molecule has 0 N–H and O–H groups in total. The highest BCUT2D eigenvalue weighted by atomic mass is 13.9. The summed E-state index contributed by atoms with van der Waals surface area (Å²) in [5, 5.41) is 0. The number of rotatable bonds is 3. The summed E-state index contributed by atoms with van der Waals surface area (Å²) in [4.78, 5) is 0. The largest absolute Gasteiger partial charge is 0.0985 e. The molecule has 54 valence electrons. The zero-order valence-electron chi connectivity index (χ0n) is 6.72. The Morgan fingerprint density at radius 3 is 2.20 bits per heavy atom. The van der Waals surface area contributed by atoms with Crippen LogP contribution in [0.2, 0.25) is 0 Å². The van der Waals surface area contributed by atoms with E-state index < -0.39 is 0 Å². The first-order valence-corrected chi connectivity index (χ1v) is 3.37. The maximum atomic E-state index is 3.86. The lowest BCUT2D eigenvalue weighted by Crippen LogP contribution is -1.77. The number of hydrogen-bond donors (Lipinski definition) is 0. The van der Waals surface area contributed by atoms with Crippen molar-refractivity contribution in [2.75, 3.05) is 0 Å². The summed E-state index contributed by atoms with van der Waals surface area (Å²) in [6, 6.07) is 0. The van der Waals surface area contributed by atoms with E-state index in [0.717, 1.165) is 11.1 Å². The van der Waals surface area contributed by atoms with Crippen LogP contribution in [0.1, 0.15) is 13.8 Å². The van der Waals surface area contributed by atoms with E-state index in [0.29, 0.717) is 0 Å². The van der Waals surface area contributed by atoms with Gasteiger partial charge in [-0.3, -0.25) is 0 Å². The van der Waals surface area contributed by atoms with Crippen molar-refractivity contribution in [3.05, 3.63) is 48.6 Å². The second-order valence-corrected chi connectivity index (χ2v) is 1.97. The Balaban J connectivity index is 4.32. The van der Waals surface area contributed by atoms with E-state index in [1.54, 1.807) is 0 Å². The average molecular weight is 134 g/mol. The monoisotopic (exact) mass is 134 g/mol. The Kier molecular flexibility index (Phi) is 4.30. The first-order valence-electron chi connectivity index (χ1n) is 3.37. The lowest BCUT2D eigenvalue weighted by atomic mass is 10.1. The molecule has 0 aliphatic carbocycles. The molecule has 0 aromatic rings. The molecule has 0 unspecified atom stereocenters. The van der Waals surface area contributed by atoms with E-state index in [9.17, 15) is 0 Å². The molecule has 0 heteroatoms. The highest BCUT2D eigenvalue weighted by molar-refractivity contribution is 5.43. The summed E-state index contributed by atoms with van der Waals surface area (Å²) in [6.07, 6.45) is 7.74. The fraction of sp³-hybridized carbons (Fsp3) is 0.200. The summed E-state index contributed by atoms with van der Waals surface area (Å²) in [5.74, 6) is 0.